The van der Waals surface area contributed by atoms with Gasteiger partial charge < -0.3 is 5.32 Å². The second-order valence-electron chi connectivity index (χ2n) is 8.52. The fraction of sp³-hybridized carbons (Fsp3) is 0. The summed E-state index contributed by atoms with van der Waals surface area (Å²) in [5.74, 6) is -0.0827. The number of nitrogens with zero attached hydrogens (tertiary/aromatic N) is 2. The lowest BCUT2D eigenvalue weighted by Crippen LogP contribution is -2.10. The van der Waals surface area contributed by atoms with Crippen molar-refractivity contribution in [3.63, 3.8) is 0 Å². The van der Waals surface area contributed by atoms with Crippen molar-refractivity contribution < 1.29 is 4.79 Å². The van der Waals surface area contributed by atoms with Crippen LogP contribution >= 0.6 is 27.3 Å². The number of carbonyl (C=O) groups is 1. The predicted octanol–water partition coefficient (Wildman–Crippen LogP) is 8.02. The molecular formula is C29H20BrN5OS. The number of halogens is 1. The zero-order chi connectivity index (χ0) is 25.2. The molecule has 6 nitrogen and oxygen atoms in total. The Morgan fingerprint density at radius 1 is 0.730 bits per heavy atom. The molecule has 0 aliphatic carbocycles. The normalized spacial score (nSPS) is 10.9. The minimum Gasteiger partial charge on any atom is -0.322 e. The van der Waals surface area contributed by atoms with Gasteiger partial charge in [0.25, 0.3) is 5.91 Å². The standard InChI is InChI=1S/C22H15N3OS.C7H5BrN2/c26-22(18-7-8-27-13-18)24-20-5-3-15-9-14(1-2-17(15)11-20)16-4-6-21-19(10-16)12-23-25-21;8-6-1-2-7-5(3-6)4-9-10-7/h1-13H,(H,23,25)(H,24,26);1-4H,(H,9,10). The molecule has 8 heteroatoms. The van der Waals surface area contributed by atoms with Gasteiger partial charge in [-0.1, -0.05) is 40.2 Å². The van der Waals surface area contributed by atoms with Crippen LogP contribution < -0.4 is 5.32 Å². The van der Waals surface area contributed by atoms with Crippen LogP contribution in [-0.2, 0) is 0 Å². The van der Waals surface area contributed by atoms with Gasteiger partial charge in [0.2, 0.25) is 0 Å². The van der Waals surface area contributed by atoms with Crippen molar-refractivity contribution in [3.8, 4) is 11.1 Å². The number of aromatic amines is 2. The predicted molar refractivity (Wildman–Crippen MR) is 155 cm³/mol. The van der Waals surface area contributed by atoms with Gasteiger partial charge in [-0.3, -0.25) is 15.0 Å². The summed E-state index contributed by atoms with van der Waals surface area (Å²) in [5.41, 5.74) is 5.89. The number of nitrogens with one attached hydrogen (secondary N) is 3. The highest BCUT2D eigenvalue weighted by Gasteiger charge is 2.08. The Morgan fingerprint density at radius 2 is 1.38 bits per heavy atom. The van der Waals surface area contributed by atoms with Crippen LogP contribution in [0.4, 0.5) is 5.69 Å². The maximum Gasteiger partial charge on any atom is 0.256 e. The molecule has 0 radical (unpaired) electrons. The third-order valence-electron chi connectivity index (χ3n) is 6.06. The number of carbonyl (C=O) groups excluding carboxylic acids is 1. The lowest BCUT2D eigenvalue weighted by molar-refractivity contribution is 0.102. The summed E-state index contributed by atoms with van der Waals surface area (Å²) in [6.07, 6.45) is 3.64. The Kier molecular flexibility index (Phi) is 6.26. The van der Waals surface area contributed by atoms with E-state index >= 15 is 0 Å². The lowest BCUT2D eigenvalue weighted by Gasteiger charge is -2.08. The second-order valence-corrected chi connectivity index (χ2v) is 10.2. The molecule has 0 saturated heterocycles. The highest BCUT2D eigenvalue weighted by atomic mass is 79.9. The molecule has 3 heterocycles. The second kappa shape index (κ2) is 10.0. The van der Waals surface area contributed by atoms with Crippen molar-refractivity contribution in [2.24, 2.45) is 0 Å². The molecule has 0 fully saturated rings. The fourth-order valence-corrected chi connectivity index (χ4v) is 5.15. The Labute approximate surface area is 224 Å². The molecule has 0 atom stereocenters. The average Bonchev–Trinajstić information content (AvgIpc) is 3.70. The summed E-state index contributed by atoms with van der Waals surface area (Å²) < 4.78 is 1.08. The molecule has 3 aromatic heterocycles. The molecule has 0 saturated carbocycles. The number of thiophene rings is 1. The van der Waals surface area contributed by atoms with Crippen molar-refractivity contribution in [1.29, 1.82) is 0 Å². The van der Waals surface area contributed by atoms with Gasteiger partial charge in [0.15, 0.2) is 0 Å². The zero-order valence-electron chi connectivity index (χ0n) is 19.4. The van der Waals surface area contributed by atoms with E-state index in [0.29, 0.717) is 5.56 Å². The number of benzene rings is 4. The van der Waals surface area contributed by atoms with Crippen molar-refractivity contribution in [2.75, 3.05) is 5.32 Å². The largest absolute Gasteiger partial charge is 0.322 e. The Bertz CT molecular complexity index is 1860. The lowest BCUT2D eigenvalue weighted by atomic mass is 10.00. The van der Waals surface area contributed by atoms with E-state index in [-0.39, 0.29) is 5.91 Å². The molecule has 0 aliphatic rings. The van der Waals surface area contributed by atoms with Crippen LogP contribution in [0.1, 0.15) is 10.4 Å². The van der Waals surface area contributed by atoms with Crippen LogP contribution in [0.25, 0.3) is 43.7 Å². The first-order valence-electron chi connectivity index (χ1n) is 11.5. The summed E-state index contributed by atoms with van der Waals surface area (Å²) in [7, 11) is 0. The molecule has 180 valence electrons. The summed E-state index contributed by atoms with van der Waals surface area (Å²) in [5, 5.41) is 25.0. The van der Waals surface area contributed by atoms with E-state index in [1.54, 1.807) is 6.20 Å². The van der Waals surface area contributed by atoms with Crippen LogP contribution in [0.15, 0.2) is 106 Å². The van der Waals surface area contributed by atoms with Crippen LogP contribution in [0.3, 0.4) is 0 Å². The molecule has 0 bridgehead atoms. The number of hydrogen-bond donors (Lipinski definition) is 3. The SMILES string of the molecule is Brc1ccc2[nH]ncc2c1.O=C(Nc1ccc2cc(-c3ccc4[nH]ncc4c3)ccc2c1)c1ccsc1. The molecule has 0 aliphatic heterocycles. The third kappa shape index (κ3) is 5.02. The van der Waals surface area contributed by atoms with E-state index < -0.39 is 0 Å². The van der Waals surface area contributed by atoms with Gasteiger partial charge in [0.1, 0.15) is 0 Å². The summed E-state index contributed by atoms with van der Waals surface area (Å²) in [4.78, 5) is 12.2. The Balaban J connectivity index is 0.000000210. The Morgan fingerprint density at radius 3 is 2.14 bits per heavy atom. The molecule has 0 unspecified atom stereocenters. The average molecular weight is 566 g/mol. The molecular weight excluding hydrogens is 546 g/mol. The molecule has 37 heavy (non-hydrogen) atoms. The first kappa shape index (κ1) is 23.1. The summed E-state index contributed by atoms with van der Waals surface area (Å²) >= 11 is 4.89. The Hall–Kier alpha value is -4.27. The highest BCUT2D eigenvalue weighted by molar-refractivity contribution is 9.10. The highest BCUT2D eigenvalue weighted by Crippen LogP contribution is 2.28. The van der Waals surface area contributed by atoms with Gasteiger partial charge in [-0.2, -0.15) is 21.5 Å². The van der Waals surface area contributed by atoms with E-state index in [2.05, 4.69) is 72.0 Å². The van der Waals surface area contributed by atoms with E-state index in [1.807, 2.05) is 65.5 Å². The first-order chi connectivity index (χ1) is 18.1. The monoisotopic (exact) mass is 565 g/mol. The first-order valence-corrected chi connectivity index (χ1v) is 13.3. The number of fused-ring (bicyclic) bond motifs is 3. The summed E-state index contributed by atoms with van der Waals surface area (Å²) in [6, 6.07) is 26.4. The quantitative estimate of drug-likeness (QED) is 0.202. The van der Waals surface area contributed by atoms with Gasteiger partial charge >= 0.3 is 0 Å². The number of rotatable bonds is 3. The van der Waals surface area contributed by atoms with Crippen LogP contribution in [-0.4, -0.2) is 26.3 Å². The fourth-order valence-electron chi connectivity index (χ4n) is 4.14. The molecule has 1 amide bonds. The zero-order valence-corrected chi connectivity index (χ0v) is 21.8. The van der Waals surface area contributed by atoms with E-state index in [4.69, 9.17) is 0 Å². The van der Waals surface area contributed by atoms with Gasteiger partial charge in [-0.25, -0.2) is 0 Å². The van der Waals surface area contributed by atoms with Gasteiger partial charge in [-0.15, -0.1) is 0 Å². The molecule has 7 rings (SSSR count). The van der Waals surface area contributed by atoms with E-state index in [0.717, 1.165) is 53.9 Å². The number of H-pyrrole nitrogens is 2. The minimum absolute atomic E-state index is 0.0827. The van der Waals surface area contributed by atoms with Crippen LogP contribution in [0, 0.1) is 0 Å². The van der Waals surface area contributed by atoms with Crippen molar-refractivity contribution >= 4 is 71.4 Å². The van der Waals surface area contributed by atoms with Crippen LogP contribution in [0.2, 0.25) is 0 Å². The van der Waals surface area contributed by atoms with Gasteiger partial charge in [0.05, 0.1) is 29.0 Å². The smallest absolute Gasteiger partial charge is 0.256 e. The summed E-state index contributed by atoms with van der Waals surface area (Å²) in [6.45, 7) is 0. The molecule has 7 aromatic rings. The van der Waals surface area contributed by atoms with E-state index in [1.165, 1.54) is 11.3 Å². The minimum atomic E-state index is -0.0827. The third-order valence-corrected chi connectivity index (χ3v) is 7.23. The van der Waals surface area contributed by atoms with Crippen molar-refractivity contribution in [2.45, 2.75) is 0 Å². The van der Waals surface area contributed by atoms with Crippen molar-refractivity contribution in [3.05, 3.63) is 112 Å². The maximum atomic E-state index is 12.2. The molecule has 0 spiro atoms. The van der Waals surface area contributed by atoms with Crippen LogP contribution in [0.5, 0.6) is 0 Å². The topological polar surface area (TPSA) is 86.5 Å². The van der Waals surface area contributed by atoms with Gasteiger partial charge in [0, 0.05) is 26.3 Å². The van der Waals surface area contributed by atoms with Crippen molar-refractivity contribution in [1.82, 2.24) is 20.4 Å². The van der Waals surface area contributed by atoms with E-state index in [9.17, 15) is 4.79 Å². The van der Waals surface area contributed by atoms with Gasteiger partial charge in [-0.05, 0) is 81.9 Å². The molecule has 4 aromatic carbocycles. The number of anilines is 1. The maximum absolute atomic E-state index is 12.2. The number of amides is 1. The number of aromatic nitrogens is 4. The number of hydrogen-bond acceptors (Lipinski definition) is 4. The molecule has 3 N–H and O–H groups in total.